The van der Waals surface area contributed by atoms with Gasteiger partial charge in [0.1, 0.15) is 18.0 Å². The third kappa shape index (κ3) is 2.48. The van der Waals surface area contributed by atoms with E-state index in [1.165, 1.54) is 0 Å². The molecule has 2 aliphatic rings. The van der Waals surface area contributed by atoms with Gasteiger partial charge in [-0.2, -0.15) is 10.5 Å². The van der Waals surface area contributed by atoms with Crippen LogP contribution in [0.15, 0.2) is 22.2 Å². The van der Waals surface area contributed by atoms with Crippen molar-refractivity contribution in [1.82, 2.24) is 4.98 Å². The fraction of sp³-hybridized carbons (Fsp3) is 0.150. The normalized spacial score (nSPS) is 15.7. The van der Waals surface area contributed by atoms with Gasteiger partial charge in [0.25, 0.3) is 0 Å². The van der Waals surface area contributed by atoms with Gasteiger partial charge in [-0.25, -0.2) is 4.98 Å². The van der Waals surface area contributed by atoms with Crippen LogP contribution in [-0.4, -0.2) is 11.8 Å². The second-order valence-corrected chi connectivity index (χ2v) is 7.08. The van der Waals surface area contributed by atoms with Gasteiger partial charge in [-0.05, 0) is 54.3 Å². The summed E-state index contributed by atoms with van der Waals surface area (Å²) < 4.78 is 11.7. The Bertz CT molecular complexity index is 1170. The third-order valence-electron chi connectivity index (χ3n) is 4.78. The average Bonchev–Trinajstić information content (AvgIpc) is 3.18. The zero-order chi connectivity index (χ0) is 19.3. The van der Waals surface area contributed by atoms with Gasteiger partial charge in [0.2, 0.25) is 6.79 Å². The number of nitriles is 2. The summed E-state index contributed by atoms with van der Waals surface area (Å²) in [5.74, 6) is 1.48. The molecular weight excluding hydrogens is 408 g/mol. The van der Waals surface area contributed by atoms with Crippen LogP contribution < -0.4 is 15.2 Å². The first-order valence-electron chi connectivity index (χ1n) is 8.09. The predicted octanol–water partition coefficient (Wildman–Crippen LogP) is 4.19. The number of nitrogen functional groups attached to an aromatic ring is 1. The lowest BCUT2D eigenvalue weighted by atomic mass is 9.95. The lowest BCUT2D eigenvalue weighted by Gasteiger charge is -2.11. The SMILES string of the molecule is CC1=C(C#N)c2nc(N)c(C#N)c(C)c2/C1=C/c1cc2c(cc1Br)OCO2. The number of fused-ring (bicyclic) bond motifs is 2. The van der Waals surface area contributed by atoms with Gasteiger partial charge in [-0.15, -0.1) is 0 Å². The first-order chi connectivity index (χ1) is 13.0. The fourth-order valence-electron chi connectivity index (χ4n) is 3.39. The number of allylic oxidation sites excluding steroid dienone is 3. The molecule has 1 aromatic carbocycles. The topological polar surface area (TPSA) is 105 Å². The molecule has 1 aliphatic heterocycles. The zero-order valence-corrected chi connectivity index (χ0v) is 16.1. The number of halogens is 1. The molecule has 4 rings (SSSR count). The van der Waals surface area contributed by atoms with Crippen molar-refractivity contribution in [3.63, 3.8) is 0 Å². The quantitative estimate of drug-likeness (QED) is 0.741. The van der Waals surface area contributed by atoms with E-state index in [-0.39, 0.29) is 12.6 Å². The highest BCUT2D eigenvalue weighted by atomic mass is 79.9. The molecule has 0 amide bonds. The highest BCUT2D eigenvalue weighted by molar-refractivity contribution is 9.10. The van der Waals surface area contributed by atoms with E-state index in [2.05, 4.69) is 33.1 Å². The number of anilines is 1. The Kier molecular flexibility index (Phi) is 3.91. The van der Waals surface area contributed by atoms with E-state index >= 15 is 0 Å². The standard InChI is InChI=1S/C20H13BrN4O2/c1-9-12(3-11-4-16-17(5-15(11)21)27-8-26-16)18-10(2)14(7-23)20(24)25-19(18)13(9)6-22/h3-5H,8H2,1-2H3,(H2,24,25)/b12-3+. The van der Waals surface area contributed by atoms with Gasteiger partial charge in [0, 0.05) is 10.0 Å². The Morgan fingerprint density at radius 1 is 1.19 bits per heavy atom. The minimum Gasteiger partial charge on any atom is -0.454 e. The zero-order valence-electron chi connectivity index (χ0n) is 14.6. The summed E-state index contributed by atoms with van der Waals surface area (Å²) in [6.45, 7) is 3.89. The molecule has 132 valence electrons. The van der Waals surface area contributed by atoms with Crippen LogP contribution in [-0.2, 0) is 0 Å². The molecule has 1 aliphatic carbocycles. The van der Waals surface area contributed by atoms with E-state index in [4.69, 9.17) is 15.2 Å². The van der Waals surface area contributed by atoms with E-state index in [0.29, 0.717) is 33.9 Å². The van der Waals surface area contributed by atoms with Crippen molar-refractivity contribution < 1.29 is 9.47 Å². The molecule has 2 N–H and O–H groups in total. The van der Waals surface area contributed by atoms with Crippen molar-refractivity contribution in [2.45, 2.75) is 13.8 Å². The monoisotopic (exact) mass is 420 g/mol. The van der Waals surface area contributed by atoms with Crippen molar-refractivity contribution in [3.05, 3.63) is 50.1 Å². The summed E-state index contributed by atoms with van der Waals surface area (Å²) in [5, 5.41) is 19.1. The average molecular weight is 421 g/mol. The molecule has 0 atom stereocenters. The van der Waals surface area contributed by atoms with Crippen molar-refractivity contribution in [2.75, 3.05) is 12.5 Å². The second-order valence-electron chi connectivity index (χ2n) is 6.23. The number of hydrogen-bond donors (Lipinski definition) is 1. The first kappa shape index (κ1) is 17.1. The first-order valence-corrected chi connectivity index (χ1v) is 8.88. The number of pyridine rings is 1. The summed E-state index contributed by atoms with van der Waals surface area (Å²) in [5.41, 5.74) is 11.2. The van der Waals surface area contributed by atoms with Crippen molar-refractivity contribution in [3.8, 4) is 23.6 Å². The predicted molar refractivity (Wildman–Crippen MR) is 104 cm³/mol. The number of rotatable bonds is 1. The summed E-state index contributed by atoms with van der Waals surface area (Å²) in [4.78, 5) is 4.34. The molecule has 6 nitrogen and oxygen atoms in total. The van der Waals surface area contributed by atoms with E-state index in [1.807, 2.05) is 32.1 Å². The molecule has 2 aromatic rings. The van der Waals surface area contributed by atoms with Crippen LogP contribution >= 0.6 is 15.9 Å². The number of ether oxygens (including phenoxy) is 2. The van der Waals surface area contributed by atoms with Gasteiger partial charge in [0.05, 0.1) is 16.8 Å². The minimum atomic E-state index is 0.139. The Labute approximate surface area is 164 Å². The van der Waals surface area contributed by atoms with Crippen LogP contribution in [0, 0.1) is 29.6 Å². The highest BCUT2D eigenvalue weighted by Gasteiger charge is 2.30. The Hall–Kier alpha value is -3.29. The largest absolute Gasteiger partial charge is 0.454 e. The molecule has 0 bridgehead atoms. The van der Waals surface area contributed by atoms with Crippen molar-refractivity contribution in [2.24, 2.45) is 0 Å². The van der Waals surface area contributed by atoms with Gasteiger partial charge < -0.3 is 15.2 Å². The Morgan fingerprint density at radius 2 is 1.89 bits per heavy atom. The van der Waals surface area contributed by atoms with Crippen LogP contribution in [0.5, 0.6) is 11.5 Å². The third-order valence-corrected chi connectivity index (χ3v) is 5.46. The van der Waals surface area contributed by atoms with Crippen LogP contribution in [0.4, 0.5) is 5.82 Å². The lowest BCUT2D eigenvalue weighted by molar-refractivity contribution is 0.174. The van der Waals surface area contributed by atoms with Crippen LogP contribution in [0.1, 0.15) is 34.9 Å². The molecule has 0 radical (unpaired) electrons. The van der Waals surface area contributed by atoms with Gasteiger partial charge >= 0.3 is 0 Å². The number of hydrogen-bond acceptors (Lipinski definition) is 6. The maximum Gasteiger partial charge on any atom is 0.231 e. The fourth-order valence-corrected chi connectivity index (χ4v) is 3.83. The molecule has 2 heterocycles. The van der Waals surface area contributed by atoms with Crippen molar-refractivity contribution in [1.29, 1.82) is 10.5 Å². The molecule has 27 heavy (non-hydrogen) atoms. The highest BCUT2D eigenvalue weighted by Crippen LogP contribution is 2.45. The van der Waals surface area contributed by atoms with E-state index in [0.717, 1.165) is 26.7 Å². The maximum atomic E-state index is 9.63. The number of benzene rings is 1. The molecule has 0 fully saturated rings. The van der Waals surface area contributed by atoms with Crippen LogP contribution in [0.25, 0.3) is 17.2 Å². The Morgan fingerprint density at radius 3 is 2.56 bits per heavy atom. The molecule has 0 saturated carbocycles. The summed E-state index contributed by atoms with van der Waals surface area (Å²) in [7, 11) is 0. The van der Waals surface area contributed by atoms with Crippen LogP contribution in [0.2, 0.25) is 0 Å². The Balaban J connectivity index is 1.99. The summed E-state index contributed by atoms with van der Waals surface area (Å²) >= 11 is 3.56. The lowest BCUT2D eigenvalue weighted by Crippen LogP contribution is -2.03. The van der Waals surface area contributed by atoms with Gasteiger partial charge in [-0.3, -0.25) is 0 Å². The summed E-state index contributed by atoms with van der Waals surface area (Å²) in [6.07, 6.45) is 1.95. The van der Waals surface area contributed by atoms with E-state index < -0.39 is 0 Å². The van der Waals surface area contributed by atoms with E-state index in [1.54, 1.807) is 0 Å². The number of aromatic nitrogens is 1. The van der Waals surface area contributed by atoms with Gasteiger partial charge in [0.15, 0.2) is 11.5 Å². The molecule has 0 unspecified atom stereocenters. The minimum absolute atomic E-state index is 0.139. The van der Waals surface area contributed by atoms with E-state index in [9.17, 15) is 10.5 Å². The number of nitrogens with zero attached hydrogens (tertiary/aromatic N) is 3. The molecule has 0 saturated heterocycles. The van der Waals surface area contributed by atoms with Crippen LogP contribution in [0.3, 0.4) is 0 Å². The molecule has 0 spiro atoms. The second kappa shape index (κ2) is 6.15. The van der Waals surface area contributed by atoms with Crippen molar-refractivity contribution >= 4 is 39.0 Å². The maximum absolute atomic E-state index is 9.63. The molecular formula is C20H13BrN4O2. The molecule has 1 aromatic heterocycles. The summed E-state index contributed by atoms with van der Waals surface area (Å²) in [6, 6.07) is 8.05. The van der Waals surface area contributed by atoms with Gasteiger partial charge in [-0.1, -0.05) is 15.9 Å². The smallest absolute Gasteiger partial charge is 0.231 e. The number of nitrogens with two attached hydrogens (primary N) is 1. The molecule has 7 heteroatoms.